The molecule has 0 spiro atoms. The molecule has 1 heterocycles. The predicted molar refractivity (Wildman–Crippen MR) is 74.6 cm³/mol. The minimum absolute atomic E-state index is 0.447. The van der Waals surface area contributed by atoms with Crippen molar-refractivity contribution in [2.24, 2.45) is 5.41 Å². The van der Waals surface area contributed by atoms with Gasteiger partial charge in [0, 0.05) is 17.6 Å². The van der Waals surface area contributed by atoms with E-state index in [4.69, 9.17) is 4.74 Å². The van der Waals surface area contributed by atoms with Gasteiger partial charge in [-0.1, -0.05) is 29.3 Å². The molecule has 0 radical (unpaired) electrons. The summed E-state index contributed by atoms with van der Waals surface area (Å²) in [5.41, 5.74) is 1.76. The summed E-state index contributed by atoms with van der Waals surface area (Å²) in [7, 11) is 1.75. The Morgan fingerprint density at radius 1 is 1.41 bits per heavy atom. The van der Waals surface area contributed by atoms with Crippen LogP contribution in [0.5, 0.6) is 5.75 Å². The lowest BCUT2D eigenvalue weighted by atomic mass is 9.73. The molecule has 0 saturated carbocycles. The van der Waals surface area contributed by atoms with Crippen LogP contribution in [0.2, 0.25) is 0 Å². The van der Waals surface area contributed by atoms with Gasteiger partial charge in [0.1, 0.15) is 5.75 Å². The van der Waals surface area contributed by atoms with Crippen molar-refractivity contribution in [3.8, 4) is 5.75 Å². The zero-order valence-corrected chi connectivity index (χ0v) is 12.1. The third kappa shape index (κ3) is 2.83. The quantitative estimate of drug-likeness (QED) is 0.899. The van der Waals surface area contributed by atoms with E-state index < -0.39 is 0 Å². The van der Waals surface area contributed by atoms with Crippen LogP contribution >= 0.6 is 15.9 Å². The lowest BCUT2D eigenvalue weighted by Gasteiger charge is -2.43. The Morgan fingerprint density at radius 2 is 2.18 bits per heavy atom. The van der Waals surface area contributed by atoms with Gasteiger partial charge in [0.2, 0.25) is 0 Å². The first-order valence-electron chi connectivity index (χ1n) is 6.22. The summed E-state index contributed by atoms with van der Waals surface area (Å²) in [5, 5.41) is 3.41. The number of ether oxygens (including phenoxy) is 1. The highest BCUT2D eigenvalue weighted by Gasteiger charge is 2.36. The summed E-state index contributed by atoms with van der Waals surface area (Å²) in [5.74, 6) is 1.01. The highest BCUT2D eigenvalue weighted by atomic mass is 79.9. The van der Waals surface area contributed by atoms with E-state index in [0.29, 0.717) is 5.41 Å². The lowest BCUT2D eigenvalue weighted by molar-refractivity contribution is 0.149. The van der Waals surface area contributed by atoms with Crippen molar-refractivity contribution in [3.63, 3.8) is 0 Å². The Kier molecular flexibility index (Phi) is 4.10. The van der Waals surface area contributed by atoms with Crippen molar-refractivity contribution in [1.29, 1.82) is 0 Å². The summed E-state index contributed by atoms with van der Waals surface area (Å²) in [6.07, 6.45) is 3.64. The fraction of sp³-hybridized carbons (Fsp3) is 0.571. The SMILES string of the molecule is CCCC1(Cc2cc(Br)ccc2OC)CNC1. The van der Waals surface area contributed by atoms with Crippen molar-refractivity contribution in [1.82, 2.24) is 5.32 Å². The fourth-order valence-electron chi connectivity index (χ4n) is 2.69. The highest BCUT2D eigenvalue weighted by Crippen LogP contribution is 2.36. The van der Waals surface area contributed by atoms with Crippen LogP contribution in [0.4, 0.5) is 0 Å². The third-order valence-electron chi connectivity index (χ3n) is 3.59. The molecule has 1 aromatic rings. The molecule has 0 atom stereocenters. The average molecular weight is 298 g/mol. The molecular weight excluding hydrogens is 278 g/mol. The molecule has 2 rings (SSSR count). The van der Waals surface area contributed by atoms with Gasteiger partial charge in [0.15, 0.2) is 0 Å². The van der Waals surface area contributed by atoms with Gasteiger partial charge in [0.25, 0.3) is 0 Å². The number of benzene rings is 1. The number of methoxy groups -OCH3 is 1. The van der Waals surface area contributed by atoms with Gasteiger partial charge in [-0.2, -0.15) is 0 Å². The average Bonchev–Trinajstić information content (AvgIpc) is 2.26. The number of halogens is 1. The number of hydrogen-bond donors (Lipinski definition) is 1. The monoisotopic (exact) mass is 297 g/mol. The van der Waals surface area contributed by atoms with E-state index >= 15 is 0 Å². The van der Waals surface area contributed by atoms with Crippen molar-refractivity contribution in [2.75, 3.05) is 20.2 Å². The first-order chi connectivity index (χ1) is 8.19. The second kappa shape index (κ2) is 5.40. The zero-order chi connectivity index (χ0) is 12.3. The number of nitrogens with one attached hydrogen (secondary N) is 1. The third-order valence-corrected chi connectivity index (χ3v) is 4.08. The van der Waals surface area contributed by atoms with Gasteiger partial charge in [0.05, 0.1) is 7.11 Å². The fourth-order valence-corrected chi connectivity index (χ4v) is 3.10. The van der Waals surface area contributed by atoms with Crippen molar-refractivity contribution >= 4 is 15.9 Å². The molecule has 1 N–H and O–H groups in total. The van der Waals surface area contributed by atoms with Crippen LogP contribution in [0.25, 0.3) is 0 Å². The van der Waals surface area contributed by atoms with E-state index in [9.17, 15) is 0 Å². The van der Waals surface area contributed by atoms with Gasteiger partial charge >= 0.3 is 0 Å². The predicted octanol–water partition coefficient (Wildman–Crippen LogP) is 3.39. The first kappa shape index (κ1) is 12.9. The van der Waals surface area contributed by atoms with Crippen LogP contribution in [0.1, 0.15) is 25.3 Å². The van der Waals surface area contributed by atoms with Crippen LogP contribution in [-0.2, 0) is 6.42 Å². The summed E-state index contributed by atoms with van der Waals surface area (Å²) < 4.78 is 6.58. The van der Waals surface area contributed by atoms with Gasteiger partial charge in [-0.15, -0.1) is 0 Å². The molecule has 94 valence electrons. The Bertz CT molecular complexity index is 388. The Hall–Kier alpha value is -0.540. The minimum Gasteiger partial charge on any atom is -0.496 e. The van der Waals surface area contributed by atoms with Crippen molar-refractivity contribution < 1.29 is 4.74 Å². The molecule has 1 aliphatic heterocycles. The minimum atomic E-state index is 0.447. The van der Waals surface area contributed by atoms with Crippen molar-refractivity contribution in [3.05, 3.63) is 28.2 Å². The van der Waals surface area contributed by atoms with Gasteiger partial charge in [-0.05, 0) is 42.0 Å². The topological polar surface area (TPSA) is 21.3 Å². The summed E-state index contributed by atoms with van der Waals surface area (Å²) in [4.78, 5) is 0. The molecule has 1 aliphatic rings. The van der Waals surface area contributed by atoms with Crippen LogP contribution < -0.4 is 10.1 Å². The second-order valence-electron chi connectivity index (χ2n) is 4.99. The maximum Gasteiger partial charge on any atom is 0.122 e. The van der Waals surface area contributed by atoms with Crippen LogP contribution in [0, 0.1) is 5.41 Å². The molecule has 0 unspecified atom stereocenters. The maximum absolute atomic E-state index is 5.45. The van der Waals surface area contributed by atoms with E-state index in [0.717, 1.165) is 29.7 Å². The van der Waals surface area contributed by atoms with E-state index in [-0.39, 0.29) is 0 Å². The van der Waals surface area contributed by atoms with E-state index in [1.54, 1.807) is 7.11 Å². The van der Waals surface area contributed by atoms with E-state index in [1.807, 2.05) is 12.1 Å². The molecule has 1 saturated heterocycles. The van der Waals surface area contributed by atoms with Crippen LogP contribution in [0.15, 0.2) is 22.7 Å². The molecule has 3 heteroatoms. The summed E-state index contributed by atoms with van der Waals surface area (Å²) in [6, 6.07) is 6.27. The molecule has 1 aromatic carbocycles. The van der Waals surface area contributed by atoms with Gasteiger partial charge in [-0.3, -0.25) is 0 Å². The standard InChI is InChI=1S/C14H20BrNO/c1-3-6-14(9-16-10-14)8-11-7-12(15)4-5-13(11)17-2/h4-5,7,16H,3,6,8-10H2,1-2H3. The Balaban J connectivity index is 2.19. The first-order valence-corrected chi connectivity index (χ1v) is 7.01. The zero-order valence-electron chi connectivity index (χ0n) is 10.6. The second-order valence-corrected chi connectivity index (χ2v) is 5.90. The molecule has 0 aromatic heterocycles. The molecular formula is C14H20BrNO. The highest BCUT2D eigenvalue weighted by molar-refractivity contribution is 9.10. The molecule has 0 bridgehead atoms. The molecule has 1 fully saturated rings. The summed E-state index contributed by atoms with van der Waals surface area (Å²) >= 11 is 3.54. The van der Waals surface area contributed by atoms with Crippen molar-refractivity contribution in [2.45, 2.75) is 26.2 Å². The summed E-state index contributed by atoms with van der Waals surface area (Å²) in [6.45, 7) is 4.53. The number of rotatable bonds is 5. The Morgan fingerprint density at radius 3 is 2.71 bits per heavy atom. The molecule has 2 nitrogen and oxygen atoms in total. The van der Waals surface area contributed by atoms with E-state index in [1.165, 1.54) is 18.4 Å². The normalized spacial score (nSPS) is 17.6. The van der Waals surface area contributed by atoms with E-state index in [2.05, 4.69) is 34.2 Å². The molecule has 17 heavy (non-hydrogen) atoms. The Labute approximate surface area is 112 Å². The number of hydrogen-bond acceptors (Lipinski definition) is 2. The molecule has 0 amide bonds. The molecule has 0 aliphatic carbocycles. The largest absolute Gasteiger partial charge is 0.496 e. The maximum atomic E-state index is 5.45. The van der Waals surface area contributed by atoms with Gasteiger partial charge < -0.3 is 10.1 Å². The van der Waals surface area contributed by atoms with Crippen LogP contribution in [-0.4, -0.2) is 20.2 Å². The smallest absolute Gasteiger partial charge is 0.122 e. The lowest BCUT2D eigenvalue weighted by Crippen LogP contribution is -2.54. The van der Waals surface area contributed by atoms with Gasteiger partial charge in [-0.25, -0.2) is 0 Å². The van der Waals surface area contributed by atoms with Crippen LogP contribution in [0.3, 0.4) is 0 Å².